The molecule has 146 valence electrons. The predicted molar refractivity (Wildman–Crippen MR) is 104 cm³/mol. The maximum atomic E-state index is 11.9. The number of hydrogen-bond donors (Lipinski definition) is 3. The lowest BCUT2D eigenvalue weighted by Crippen LogP contribution is -2.44. The molecule has 0 atom stereocenters. The second-order valence-corrected chi connectivity index (χ2v) is 8.08. The SMILES string of the molecule is CCNC(=NCC1(CCOC)CCCC1)NCCNC(=O)C(C)(C)C. The Morgan fingerprint density at radius 1 is 1.12 bits per heavy atom. The summed E-state index contributed by atoms with van der Waals surface area (Å²) >= 11 is 0. The van der Waals surface area contributed by atoms with Crippen LogP contribution in [0.3, 0.4) is 0 Å². The van der Waals surface area contributed by atoms with Crippen LogP contribution < -0.4 is 16.0 Å². The summed E-state index contributed by atoms with van der Waals surface area (Å²) in [5.74, 6) is 0.900. The monoisotopic (exact) mass is 354 g/mol. The number of guanidine groups is 1. The van der Waals surface area contributed by atoms with E-state index in [1.54, 1.807) is 7.11 Å². The highest BCUT2D eigenvalue weighted by atomic mass is 16.5. The number of nitrogens with one attached hydrogen (secondary N) is 3. The largest absolute Gasteiger partial charge is 0.385 e. The van der Waals surface area contributed by atoms with E-state index in [-0.39, 0.29) is 11.3 Å². The molecule has 1 aliphatic carbocycles. The number of carbonyl (C=O) groups is 1. The van der Waals surface area contributed by atoms with Crippen LogP contribution in [0.25, 0.3) is 0 Å². The maximum Gasteiger partial charge on any atom is 0.225 e. The summed E-state index contributed by atoms with van der Waals surface area (Å²) in [7, 11) is 1.77. The molecule has 1 fully saturated rings. The van der Waals surface area contributed by atoms with Gasteiger partial charge in [-0.3, -0.25) is 9.79 Å². The van der Waals surface area contributed by atoms with Crippen molar-refractivity contribution < 1.29 is 9.53 Å². The van der Waals surface area contributed by atoms with Crippen LogP contribution in [-0.4, -0.2) is 51.8 Å². The van der Waals surface area contributed by atoms with Crippen molar-refractivity contribution in [2.24, 2.45) is 15.8 Å². The number of ether oxygens (including phenoxy) is 1. The second kappa shape index (κ2) is 10.6. The van der Waals surface area contributed by atoms with Gasteiger partial charge in [-0.2, -0.15) is 0 Å². The molecule has 1 aliphatic rings. The molecule has 0 aliphatic heterocycles. The number of hydrogen-bond acceptors (Lipinski definition) is 3. The first-order valence-corrected chi connectivity index (χ1v) is 9.62. The van der Waals surface area contributed by atoms with Gasteiger partial charge in [-0.15, -0.1) is 0 Å². The molecule has 25 heavy (non-hydrogen) atoms. The number of nitrogens with zero attached hydrogens (tertiary/aromatic N) is 1. The average molecular weight is 355 g/mol. The summed E-state index contributed by atoms with van der Waals surface area (Å²) in [6.07, 6.45) is 6.14. The molecule has 0 unspecified atom stereocenters. The molecular formula is C19H38N4O2. The highest BCUT2D eigenvalue weighted by molar-refractivity contribution is 5.81. The molecule has 0 bridgehead atoms. The lowest BCUT2D eigenvalue weighted by atomic mass is 9.83. The zero-order valence-electron chi connectivity index (χ0n) is 16.8. The van der Waals surface area contributed by atoms with Gasteiger partial charge in [-0.1, -0.05) is 33.6 Å². The van der Waals surface area contributed by atoms with Crippen LogP contribution in [0.15, 0.2) is 4.99 Å². The first-order valence-electron chi connectivity index (χ1n) is 9.62. The molecule has 6 nitrogen and oxygen atoms in total. The van der Waals surface area contributed by atoms with Crippen molar-refractivity contribution in [1.29, 1.82) is 0 Å². The zero-order chi connectivity index (χ0) is 18.8. The van der Waals surface area contributed by atoms with Gasteiger partial charge in [-0.25, -0.2) is 0 Å². The average Bonchev–Trinajstić information content (AvgIpc) is 3.02. The predicted octanol–water partition coefficient (Wildman–Crippen LogP) is 2.30. The van der Waals surface area contributed by atoms with Crippen LogP contribution >= 0.6 is 0 Å². The molecule has 6 heteroatoms. The summed E-state index contributed by atoms with van der Waals surface area (Å²) in [6, 6.07) is 0. The van der Waals surface area contributed by atoms with Gasteiger partial charge in [0.2, 0.25) is 5.91 Å². The third-order valence-corrected chi connectivity index (χ3v) is 4.80. The minimum atomic E-state index is -0.352. The Morgan fingerprint density at radius 2 is 1.76 bits per heavy atom. The summed E-state index contributed by atoms with van der Waals surface area (Å²) in [6.45, 7) is 11.5. The highest BCUT2D eigenvalue weighted by Crippen LogP contribution is 2.41. The van der Waals surface area contributed by atoms with Crippen molar-refractivity contribution in [2.45, 2.75) is 59.8 Å². The second-order valence-electron chi connectivity index (χ2n) is 8.08. The number of aliphatic imine (C=N–C) groups is 1. The Kier molecular flexibility index (Phi) is 9.25. The Morgan fingerprint density at radius 3 is 2.32 bits per heavy atom. The van der Waals surface area contributed by atoms with E-state index >= 15 is 0 Å². The quantitative estimate of drug-likeness (QED) is 0.337. The Balaban J connectivity index is 2.48. The van der Waals surface area contributed by atoms with Crippen molar-refractivity contribution >= 4 is 11.9 Å². The number of methoxy groups -OCH3 is 1. The maximum absolute atomic E-state index is 11.9. The van der Waals surface area contributed by atoms with Crippen LogP contribution in [-0.2, 0) is 9.53 Å². The van der Waals surface area contributed by atoms with E-state index in [9.17, 15) is 4.79 Å². The van der Waals surface area contributed by atoms with Crippen molar-refractivity contribution in [3.63, 3.8) is 0 Å². The van der Waals surface area contributed by atoms with E-state index in [1.807, 2.05) is 20.8 Å². The molecule has 1 saturated carbocycles. The van der Waals surface area contributed by atoms with E-state index < -0.39 is 0 Å². The van der Waals surface area contributed by atoms with Gasteiger partial charge < -0.3 is 20.7 Å². The molecule has 1 amide bonds. The van der Waals surface area contributed by atoms with Crippen molar-refractivity contribution in [1.82, 2.24) is 16.0 Å². The normalized spacial score (nSPS) is 17.4. The Hall–Kier alpha value is -1.30. The van der Waals surface area contributed by atoms with E-state index in [0.29, 0.717) is 18.5 Å². The minimum Gasteiger partial charge on any atom is -0.385 e. The molecule has 0 aromatic rings. The smallest absolute Gasteiger partial charge is 0.225 e. The van der Waals surface area contributed by atoms with Crippen molar-refractivity contribution in [2.75, 3.05) is 39.9 Å². The van der Waals surface area contributed by atoms with Gasteiger partial charge in [0.05, 0.1) is 0 Å². The van der Waals surface area contributed by atoms with Crippen LogP contribution in [0, 0.1) is 10.8 Å². The fraction of sp³-hybridized carbons (Fsp3) is 0.895. The van der Waals surface area contributed by atoms with Crippen molar-refractivity contribution in [3.05, 3.63) is 0 Å². The number of carbonyl (C=O) groups excluding carboxylic acids is 1. The molecule has 0 aromatic carbocycles. The van der Waals surface area contributed by atoms with Crippen LogP contribution in [0.5, 0.6) is 0 Å². The van der Waals surface area contributed by atoms with E-state index in [0.717, 1.165) is 32.1 Å². The minimum absolute atomic E-state index is 0.0701. The molecule has 0 aromatic heterocycles. The number of amides is 1. The molecule has 3 N–H and O–H groups in total. The fourth-order valence-electron chi connectivity index (χ4n) is 3.14. The summed E-state index contributed by atoms with van der Waals surface area (Å²) < 4.78 is 5.29. The van der Waals surface area contributed by atoms with Gasteiger partial charge in [-0.05, 0) is 31.6 Å². The summed E-state index contributed by atoms with van der Waals surface area (Å²) in [5, 5.41) is 9.56. The van der Waals surface area contributed by atoms with E-state index in [1.165, 1.54) is 25.7 Å². The number of rotatable bonds is 9. The highest BCUT2D eigenvalue weighted by Gasteiger charge is 2.33. The van der Waals surface area contributed by atoms with E-state index in [4.69, 9.17) is 9.73 Å². The lowest BCUT2D eigenvalue weighted by molar-refractivity contribution is -0.128. The Labute approximate surface area is 153 Å². The first kappa shape index (κ1) is 21.7. The van der Waals surface area contributed by atoms with Gasteiger partial charge >= 0.3 is 0 Å². The molecular weight excluding hydrogens is 316 g/mol. The summed E-state index contributed by atoms with van der Waals surface area (Å²) in [4.78, 5) is 16.7. The lowest BCUT2D eigenvalue weighted by Gasteiger charge is -2.27. The van der Waals surface area contributed by atoms with Gasteiger partial charge in [0, 0.05) is 45.3 Å². The molecule has 0 spiro atoms. The topological polar surface area (TPSA) is 74.8 Å². The first-order chi connectivity index (χ1) is 11.8. The fourth-order valence-corrected chi connectivity index (χ4v) is 3.14. The Bertz CT molecular complexity index is 424. The van der Waals surface area contributed by atoms with Crippen LogP contribution in [0.4, 0.5) is 0 Å². The van der Waals surface area contributed by atoms with Crippen LogP contribution in [0.1, 0.15) is 59.8 Å². The van der Waals surface area contributed by atoms with Gasteiger partial charge in [0.25, 0.3) is 0 Å². The standard InChI is InChI=1S/C19H38N4O2/c1-6-20-17(22-13-12-21-16(24)18(2,3)4)23-15-19(11-14-25-5)9-7-8-10-19/h6-15H2,1-5H3,(H,21,24)(H2,20,22,23). The van der Waals surface area contributed by atoms with E-state index in [2.05, 4.69) is 22.9 Å². The van der Waals surface area contributed by atoms with Crippen molar-refractivity contribution in [3.8, 4) is 0 Å². The van der Waals surface area contributed by atoms with Gasteiger partial charge in [0.1, 0.15) is 0 Å². The van der Waals surface area contributed by atoms with Gasteiger partial charge in [0.15, 0.2) is 5.96 Å². The zero-order valence-corrected chi connectivity index (χ0v) is 16.8. The molecule has 1 rings (SSSR count). The summed E-state index contributed by atoms with van der Waals surface area (Å²) in [5.41, 5.74) is -0.0619. The molecule has 0 radical (unpaired) electrons. The van der Waals surface area contributed by atoms with Crippen LogP contribution in [0.2, 0.25) is 0 Å². The third-order valence-electron chi connectivity index (χ3n) is 4.80. The third kappa shape index (κ3) is 8.08. The molecule has 0 saturated heterocycles. The molecule has 0 heterocycles.